The van der Waals surface area contributed by atoms with Gasteiger partial charge in [-0.2, -0.15) is 0 Å². The molecule has 0 bridgehead atoms. The molecule has 5 nitrogen and oxygen atoms in total. The highest BCUT2D eigenvalue weighted by molar-refractivity contribution is 5.04. The van der Waals surface area contributed by atoms with Gasteiger partial charge in [-0.25, -0.2) is 0 Å². The molecule has 1 saturated heterocycles. The summed E-state index contributed by atoms with van der Waals surface area (Å²) < 4.78 is 5.23. The number of nitrogens with zero attached hydrogens (tertiary/aromatic N) is 3. The van der Waals surface area contributed by atoms with Crippen LogP contribution in [0.25, 0.3) is 0 Å². The smallest absolute Gasteiger partial charge is 0.151 e. The van der Waals surface area contributed by atoms with Crippen molar-refractivity contribution in [3.8, 4) is 0 Å². The molecule has 0 atom stereocenters. The van der Waals surface area contributed by atoms with Gasteiger partial charge in [0.25, 0.3) is 0 Å². The van der Waals surface area contributed by atoms with Crippen molar-refractivity contribution in [3.63, 3.8) is 0 Å². The summed E-state index contributed by atoms with van der Waals surface area (Å²) in [7, 11) is 0. The van der Waals surface area contributed by atoms with E-state index >= 15 is 0 Å². The fourth-order valence-corrected chi connectivity index (χ4v) is 2.01. The number of hydrogen-bond acceptors (Lipinski definition) is 5. The van der Waals surface area contributed by atoms with E-state index in [4.69, 9.17) is 10.3 Å². The summed E-state index contributed by atoms with van der Waals surface area (Å²) in [6.45, 7) is 9.16. The Hall–Kier alpha value is -0.910. The molecule has 0 radical (unpaired) electrons. The zero-order valence-electron chi connectivity index (χ0n) is 9.85. The van der Waals surface area contributed by atoms with Crippen molar-refractivity contribution in [2.75, 3.05) is 32.7 Å². The van der Waals surface area contributed by atoms with Crippen LogP contribution >= 0.6 is 0 Å². The summed E-state index contributed by atoms with van der Waals surface area (Å²) in [5.41, 5.74) is 6.33. The highest BCUT2D eigenvalue weighted by atomic mass is 16.5. The van der Waals surface area contributed by atoms with Crippen LogP contribution in [0.15, 0.2) is 10.6 Å². The number of aromatic nitrogens is 1. The number of nitrogens with two attached hydrogens (primary N) is 1. The summed E-state index contributed by atoms with van der Waals surface area (Å²) >= 11 is 0. The van der Waals surface area contributed by atoms with E-state index in [-0.39, 0.29) is 0 Å². The third kappa shape index (κ3) is 2.81. The summed E-state index contributed by atoms with van der Waals surface area (Å²) in [5, 5.41) is 3.89. The van der Waals surface area contributed by atoms with Crippen molar-refractivity contribution >= 4 is 0 Å². The van der Waals surface area contributed by atoms with Gasteiger partial charge in [0.1, 0.15) is 0 Å². The predicted molar refractivity (Wildman–Crippen MR) is 61.8 cm³/mol. The average molecular weight is 224 g/mol. The van der Waals surface area contributed by atoms with Gasteiger partial charge in [0.05, 0.1) is 12.2 Å². The minimum Gasteiger partial charge on any atom is -0.360 e. The third-order valence-corrected chi connectivity index (χ3v) is 3.11. The van der Waals surface area contributed by atoms with Crippen LogP contribution in [0.4, 0.5) is 0 Å². The largest absolute Gasteiger partial charge is 0.360 e. The topological polar surface area (TPSA) is 58.5 Å². The molecule has 1 aliphatic heterocycles. The van der Waals surface area contributed by atoms with E-state index in [1.165, 1.54) is 0 Å². The first-order valence-corrected chi connectivity index (χ1v) is 5.91. The lowest BCUT2D eigenvalue weighted by molar-refractivity contribution is 0.122. The first-order valence-electron chi connectivity index (χ1n) is 5.91. The maximum atomic E-state index is 5.49. The molecule has 1 aromatic heterocycles. The molecule has 0 unspecified atom stereocenters. The second kappa shape index (κ2) is 5.43. The molecule has 90 valence electrons. The van der Waals surface area contributed by atoms with Gasteiger partial charge >= 0.3 is 0 Å². The van der Waals surface area contributed by atoms with Crippen LogP contribution in [-0.2, 0) is 13.1 Å². The van der Waals surface area contributed by atoms with Gasteiger partial charge in [-0.15, -0.1) is 0 Å². The highest BCUT2D eigenvalue weighted by Gasteiger charge is 2.16. The zero-order valence-corrected chi connectivity index (χ0v) is 9.85. The Kier molecular flexibility index (Phi) is 3.93. The quantitative estimate of drug-likeness (QED) is 0.795. The van der Waals surface area contributed by atoms with Crippen LogP contribution in [0.5, 0.6) is 0 Å². The number of hydrogen-bond donors (Lipinski definition) is 1. The van der Waals surface area contributed by atoms with Gasteiger partial charge in [0, 0.05) is 38.8 Å². The average Bonchev–Trinajstić information content (AvgIpc) is 2.78. The van der Waals surface area contributed by atoms with Crippen LogP contribution in [0.1, 0.15) is 18.4 Å². The van der Waals surface area contributed by atoms with Gasteiger partial charge in [-0.1, -0.05) is 12.1 Å². The Morgan fingerprint density at radius 3 is 2.56 bits per heavy atom. The van der Waals surface area contributed by atoms with Gasteiger partial charge in [-0.05, 0) is 6.54 Å². The number of rotatable bonds is 4. The highest BCUT2D eigenvalue weighted by Crippen LogP contribution is 2.09. The molecule has 0 amide bonds. The van der Waals surface area contributed by atoms with Crippen molar-refractivity contribution in [1.29, 1.82) is 0 Å². The third-order valence-electron chi connectivity index (χ3n) is 3.11. The van der Waals surface area contributed by atoms with Crippen LogP contribution in [0, 0.1) is 0 Å². The molecule has 1 aromatic rings. The van der Waals surface area contributed by atoms with Crippen molar-refractivity contribution in [2.24, 2.45) is 5.73 Å². The predicted octanol–water partition coefficient (Wildman–Crippen LogP) is 0.271. The second-order valence-electron chi connectivity index (χ2n) is 4.20. The Balaban J connectivity index is 1.82. The van der Waals surface area contributed by atoms with Crippen LogP contribution in [0.2, 0.25) is 0 Å². The van der Waals surface area contributed by atoms with Gasteiger partial charge < -0.3 is 15.2 Å². The Labute approximate surface area is 96.2 Å². The molecule has 0 aromatic carbocycles. The molecule has 2 rings (SSSR count). The normalized spacial score (nSPS) is 19.1. The first-order chi connectivity index (χ1) is 7.81. The van der Waals surface area contributed by atoms with Crippen LogP contribution in [0.3, 0.4) is 0 Å². The molecule has 5 heteroatoms. The summed E-state index contributed by atoms with van der Waals surface area (Å²) in [6, 6.07) is 1.95. The fraction of sp³-hybridized carbons (Fsp3) is 0.727. The lowest BCUT2D eigenvalue weighted by Gasteiger charge is -2.33. The lowest BCUT2D eigenvalue weighted by Crippen LogP contribution is -2.45. The van der Waals surface area contributed by atoms with Crippen molar-refractivity contribution in [3.05, 3.63) is 17.5 Å². The second-order valence-corrected chi connectivity index (χ2v) is 4.20. The lowest BCUT2D eigenvalue weighted by atomic mass is 10.3. The van der Waals surface area contributed by atoms with Gasteiger partial charge in [0.2, 0.25) is 0 Å². The maximum absolute atomic E-state index is 5.49. The van der Waals surface area contributed by atoms with Crippen LogP contribution < -0.4 is 5.73 Å². The minimum atomic E-state index is 0.452. The van der Waals surface area contributed by atoms with Gasteiger partial charge in [-0.3, -0.25) is 4.90 Å². The van der Waals surface area contributed by atoms with Crippen molar-refractivity contribution < 1.29 is 4.52 Å². The molecule has 1 fully saturated rings. The molecule has 16 heavy (non-hydrogen) atoms. The molecule has 1 aliphatic rings. The molecule has 0 aliphatic carbocycles. The van der Waals surface area contributed by atoms with Crippen molar-refractivity contribution in [2.45, 2.75) is 20.0 Å². The van der Waals surface area contributed by atoms with E-state index in [1.54, 1.807) is 0 Å². The summed E-state index contributed by atoms with van der Waals surface area (Å²) in [4.78, 5) is 4.86. The van der Waals surface area contributed by atoms with E-state index in [0.29, 0.717) is 6.54 Å². The van der Waals surface area contributed by atoms with E-state index < -0.39 is 0 Å². The summed E-state index contributed by atoms with van der Waals surface area (Å²) in [6.07, 6.45) is 0. The molecule has 0 spiro atoms. The first kappa shape index (κ1) is 11.6. The molecule has 2 N–H and O–H groups in total. The minimum absolute atomic E-state index is 0.452. The molecular weight excluding hydrogens is 204 g/mol. The van der Waals surface area contributed by atoms with E-state index in [2.05, 4.69) is 21.9 Å². The number of piperazine rings is 1. The van der Waals surface area contributed by atoms with E-state index in [1.807, 2.05) is 6.07 Å². The zero-order chi connectivity index (χ0) is 11.4. The van der Waals surface area contributed by atoms with Crippen molar-refractivity contribution in [1.82, 2.24) is 15.0 Å². The Morgan fingerprint density at radius 1 is 1.31 bits per heavy atom. The Bertz CT molecular complexity index is 318. The fourth-order valence-electron chi connectivity index (χ4n) is 2.01. The molecular formula is C11H20N4O. The van der Waals surface area contributed by atoms with Gasteiger partial charge in [0.15, 0.2) is 5.76 Å². The number of likely N-dealkylation sites (N-methyl/N-ethyl adjacent to an activating group) is 1. The maximum Gasteiger partial charge on any atom is 0.151 e. The molecule has 2 heterocycles. The van der Waals surface area contributed by atoms with Crippen LogP contribution in [-0.4, -0.2) is 47.7 Å². The van der Waals surface area contributed by atoms with E-state index in [9.17, 15) is 0 Å². The molecule has 0 saturated carbocycles. The summed E-state index contributed by atoms with van der Waals surface area (Å²) in [5.74, 6) is 0.922. The van der Waals surface area contributed by atoms with E-state index in [0.717, 1.165) is 50.7 Å². The monoisotopic (exact) mass is 224 g/mol. The Morgan fingerprint density at radius 2 is 2.00 bits per heavy atom. The standard InChI is InChI=1S/C11H20N4O/c1-2-14-3-5-15(6-4-14)9-11-7-10(8-12)13-16-11/h7H,2-6,8-9,12H2,1H3. The SMILES string of the molecule is CCN1CCN(Cc2cc(CN)no2)CC1.